The van der Waals surface area contributed by atoms with Crippen LogP contribution in [-0.4, -0.2) is 0 Å². The molecule has 3 heteroatoms. The summed E-state index contributed by atoms with van der Waals surface area (Å²) in [5, 5.41) is 0. The molecule has 4 rings (SSSR count). The highest BCUT2D eigenvalue weighted by atomic mass is 16.5. The van der Waals surface area contributed by atoms with Crippen molar-refractivity contribution in [3.63, 3.8) is 0 Å². The van der Waals surface area contributed by atoms with Crippen LogP contribution in [-0.2, 0) is 15.9 Å². The van der Waals surface area contributed by atoms with Crippen LogP contribution in [0.15, 0.2) is 147 Å². The maximum atomic E-state index is 7.24. The van der Waals surface area contributed by atoms with Crippen molar-refractivity contribution in [2.75, 3.05) is 0 Å². The van der Waals surface area contributed by atoms with Gasteiger partial charge in [-0.05, 0) is 22.3 Å². The van der Waals surface area contributed by atoms with Gasteiger partial charge in [0.25, 0.3) is 0 Å². The molecule has 0 saturated heterocycles. The third-order valence-corrected chi connectivity index (χ3v) is 6.64. The second-order valence-electron chi connectivity index (χ2n) is 8.61. The van der Waals surface area contributed by atoms with Gasteiger partial charge in [-0.25, -0.2) is 0 Å². The van der Waals surface area contributed by atoms with Gasteiger partial charge >= 0.3 is 0 Å². The fourth-order valence-electron chi connectivity index (χ4n) is 4.67. The second kappa shape index (κ2) is 10.7. The van der Waals surface area contributed by atoms with Gasteiger partial charge in [0.2, 0.25) is 0 Å². The topological polar surface area (TPSA) is 61.3 Å². The first-order valence-electron chi connectivity index (χ1n) is 11.8. The lowest BCUT2D eigenvalue weighted by Crippen LogP contribution is -2.50. The van der Waals surface area contributed by atoms with E-state index in [1.807, 2.05) is 121 Å². The predicted octanol–water partition coefficient (Wildman–Crippen LogP) is 6.57. The van der Waals surface area contributed by atoms with E-state index in [0.717, 1.165) is 22.3 Å². The van der Waals surface area contributed by atoms with Crippen molar-refractivity contribution in [3.8, 4) is 0 Å². The highest BCUT2D eigenvalue weighted by Gasteiger charge is 2.48. The minimum Gasteiger partial charge on any atom is -0.347 e. The van der Waals surface area contributed by atoms with Crippen LogP contribution in [0.25, 0.3) is 0 Å². The molecule has 0 bridgehead atoms. The van der Waals surface area contributed by atoms with Crippen molar-refractivity contribution in [2.24, 2.45) is 11.5 Å². The van der Waals surface area contributed by atoms with Crippen molar-refractivity contribution >= 4 is 0 Å². The van der Waals surface area contributed by atoms with Gasteiger partial charge in [0.15, 0.2) is 0 Å². The van der Waals surface area contributed by atoms with Crippen molar-refractivity contribution in [1.29, 1.82) is 0 Å². The van der Waals surface area contributed by atoms with Gasteiger partial charge in [-0.1, -0.05) is 147 Å². The predicted molar refractivity (Wildman–Crippen MR) is 144 cm³/mol. The summed E-state index contributed by atoms with van der Waals surface area (Å²) in [6, 6.07) is 38.6. The Morgan fingerprint density at radius 2 is 0.800 bits per heavy atom. The summed E-state index contributed by atoms with van der Waals surface area (Å²) in [5.41, 5.74) is 15.4. The molecule has 3 nitrogen and oxygen atoms in total. The first kappa shape index (κ1) is 24.4. The van der Waals surface area contributed by atoms with E-state index in [4.69, 9.17) is 16.2 Å². The molecule has 0 heterocycles. The number of ether oxygens (including phenoxy) is 1. The van der Waals surface area contributed by atoms with E-state index in [-0.39, 0.29) is 0 Å². The first-order chi connectivity index (χ1) is 17.1. The fraction of sp³-hybridized carbons (Fsp3) is 0.125. The van der Waals surface area contributed by atoms with E-state index in [1.54, 1.807) is 12.2 Å². The molecule has 4 unspecified atom stereocenters. The molecule has 4 aromatic carbocycles. The van der Waals surface area contributed by atoms with Crippen LogP contribution in [0.3, 0.4) is 0 Å². The Balaban J connectivity index is 1.96. The maximum absolute atomic E-state index is 7.24. The van der Waals surface area contributed by atoms with E-state index in [0.29, 0.717) is 0 Å². The summed E-state index contributed by atoms with van der Waals surface area (Å²) in [6.45, 7) is 8.44. The van der Waals surface area contributed by atoms with E-state index in [1.165, 1.54) is 0 Å². The quantitative estimate of drug-likeness (QED) is 0.263. The Bertz CT molecular complexity index is 1130. The van der Waals surface area contributed by atoms with Gasteiger partial charge in [-0.3, -0.25) is 0 Å². The maximum Gasteiger partial charge on any atom is 0.132 e. The molecule has 35 heavy (non-hydrogen) atoms. The SMILES string of the molecule is C=CC(OC(C=C)(c1ccccc1)C(N)c1ccccc1)(c1ccccc1)C(N)c1ccccc1. The Morgan fingerprint density at radius 3 is 1.09 bits per heavy atom. The lowest BCUT2D eigenvalue weighted by molar-refractivity contribution is -0.142. The molecule has 4 aromatic rings. The van der Waals surface area contributed by atoms with Crippen molar-refractivity contribution in [3.05, 3.63) is 169 Å². The molecule has 0 aromatic heterocycles. The molecular formula is C32H32N2O. The third-order valence-electron chi connectivity index (χ3n) is 6.64. The van der Waals surface area contributed by atoms with Gasteiger partial charge in [0.05, 0.1) is 12.1 Å². The smallest absolute Gasteiger partial charge is 0.132 e. The zero-order valence-electron chi connectivity index (χ0n) is 19.8. The number of rotatable bonds is 10. The summed E-state index contributed by atoms with van der Waals surface area (Å²) in [4.78, 5) is 0. The Morgan fingerprint density at radius 1 is 0.514 bits per heavy atom. The van der Waals surface area contributed by atoms with Crippen molar-refractivity contribution in [1.82, 2.24) is 0 Å². The van der Waals surface area contributed by atoms with E-state index in [2.05, 4.69) is 13.2 Å². The Kier molecular flexibility index (Phi) is 7.42. The van der Waals surface area contributed by atoms with Crippen molar-refractivity contribution in [2.45, 2.75) is 23.3 Å². The average molecular weight is 461 g/mol. The molecule has 0 fully saturated rings. The van der Waals surface area contributed by atoms with Gasteiger partial charge < -0.3 is 16.2 Å². The van der Waals surface area contributed by atoms with Crippen LogP contribution in [0.1, 0.15) is 34.3 Å². The lowest BCUT2D eigenvalue weighted by atomic mass is 9.78. The lowest BCUT2D eigenvalue weighted by Gasteiger charge is -2.47. The normalized spacial score (nSPS) is 16.3. The van der Waals surface area contributed by atoms with Crippen LogP contribution in [0.4, 0.5) is 0 Å². The highest BCUT2D eigenvalue weighted by molar-refractivity contribution is 5.39. The van der Waals surface area contributed by atoms with E-state index >= 15 is 0 Å². The number of hydrogen-bond acceptors (Lipinski definition) is 3. The largest absolute Gasteiger partial charge is 0.347 e. The zero-order valence-corrected chi connectivity index (χ0v) is 19.8. The summed E-state index contributed by atoms with van der Waals surface area (Å²) in [5.74, 6) is 0. The van der Waals surface area contributed by atoms with Crippen LogP contribution in [0, 0.1) is 0 Å². The summed E-state index contributed by atoms with van der Waals surface area (Å²) in [7, 11) is 0. The minimum atomic E-state index is -1.11. The molecule has 0 spiro atoms. The molecule has 4 atom stereocenters. The molecule has 0 aliphatic rings. The van der Waals surface area contributed by atoms with Gasteiger partial charge in [0.1, 0.15) is 11.2 Å². The summed E-state index contributed by atoms with van der Waals surface area (Å²) < 4.78 is 7.24. The Hall–Kier alpha value is -3.76. The Labute approximate surface area is 208 Å². The average Bonchev–Trinajstić information content (AvgIpc) is 2.95. The van der Waals surface area contributed by atoms with Gasteiger partial charge in [0, 0.05) is 0 Å². The zero-order chi connectivity index (χ0) is 24.7. The standard InChI is InChI=1S/C32H32N2O/c1-3-31(27-21-13-7-14-22-27,29(33)25-17-9-5-10-18-25)35-32(4-2,28-23-15-8-16-24-28)30(34)26-19-11-6-12-20-26/h3-24,29-30H,1-2,33-34H2. The van der Waals surface area contributed by atoms with Crippen LogP contribution in [0.2, 0.25) is 0 Å². The molecule has 0 saturated carbocycles. The second-order valence-corrected chi connectivity index (χ2v) is 8.61. The molecule has 4 N–H and O–H groups in total. The molecule has 176 valence electrons. The molecule has 0 amide bonds. The highest BCUT2D eigenvalue weighted by Crippen LogP contribution is 2.48. The molecule has 0 aliphatic carbocycles. The van der Waals surface area contributed by atoms with Gasteiger partial charge in [-0.2, -0.15) is 0 Å². The fourth-order valence-corrected chi connectivity index (χ4v) is 4.67. The monoisotopic (exact) mass is 460 g/mol. The molecule has 0 aliphatic heterocycles. The summed E-state index contributed by atoms with van der Waals surface area (Å²) in [6.07, 6.45) is 3.58. The van der Waals surface area contributed by atoms with Gasteiger partial charge in [-0.15, -0.1) is 0 Å². The van der Waals surface area contributed by atoms with Crippen molar-refractivity contribution < 1.29 is 4.74 Å². The number of benzene rings is 4. The third kappa shape index (κ3) is 4.62. The number of hydrogen-bond donors (Lipinski definition) is 2. The number of nitrogens with two attached hydrogens (primary N) is 2. The van der Waals surface area contributed by atoms with Crippen LogP contribution in [0.5, 0.6) is 0 Å². The first-order valence-corrected chi connectivity index (χ1v) is 11.8. The van der Waals surface area contributed by atoms with Crippen LogP contribution >= 0.6 is 0 Å². The van der Waals surface area contributed by atoms with E-state index < -0.39 is 23.3 Å². The minimum absolute atomic E-state index is 0.561. The summed E-state index contributed by atoms with van der Waals surface area (Å²) >= 11 is 0. The van der Waals surface area contributed by atoms with Crippen LogP contribution < -0.4 is 11.5 Å². The molecular weight excluding hydrogens is 428 g/mol. The molecule has 0 radical (unpaired) electrons. The van der Waals surface area contributed by atoms with E-state index in [9.17, 15) is 0 Å².